The van der Waals surface area contributed by atoms with Crippen LogP contribution in [0.25, 0.3) is 0 Å². The van der Waals surface area contributed by atoms with Gasteiger partial charge in [0.1, 0.15) is 0 Å². The van der Waals surface area contributed by atoms with Gasteiger partial charge in [0.15, 0.2) is 0 Å². The number of nitrogens with zero attached hydrogens (tertiary/aromatic N) is 1. The standard InChI is InChI=1S/C12H18N2S/c1-12(6-7-12)11-14-9-5-3-4-8(13-2)10(9)15-11/h8,13H,3-7H2,1-2H3. The van der Waals surface area contributed by atoms with E-state index in [-0.39, 0.29) is 0 Å². The smallest absolute Gasteiger partial charge is 0.0990 e. The molecule has 2 aliphatic rings. The maximum absolute atomic E-state index is 4.86. The predicted octanol–water partition coefficient (Wildman–Crippen LogP) is 2.79. The first-order valence-electron chi connectivity index (χ1n) is 5.90. The highest BCUT2D eigenvalue weighted by atomic mass is 32.1. The Balaban J connectivity index is 1.98. The Bertz CT molecular complexity index is 379. The molecule has 1 aromatic heterocycles. The summed E-state index contributed by atoms with van der Waals surface area (Å²) in [6.45, 7) is 2.35. The second-order valence-corrected chi connectivity index (χ2v) is 6.15. The fourth-order valence-corrected chi connectivity index (χ4v) is 3.81. The van der Waals surface area contributed by atoms with Crippen molar-refractivity contribution in [2.75, 3.05) is 7.05 Å². The van der Waals surface area contributed by atoms with Gasteiger partial charge < -0.3 is 5.32 Å². The topological polar surface area (TPSA) is 24.9 Å². The zero-order chi connectivity index (χ0) is 10.5. The first-order chi connectivity index (χ1) is 7.23. The molecule has 1 N–H and O–H groups in total. The zero-order valence-corrected chi connectivity index (χ0v) is 10.3. The summed E-state index contributed by atoms with van der Waals surface area (Å²) in [5.41, 5.74) is 1.83. The summed E-state index contributed by atoms with van der Waals surface area (Å²) in [7, 11) is 2.07. The highest BCUT2D eigenvalue weighted by Gasteiger charge is 2.43. The third-order valence-corrected chi connectivity index (χ3v) is 5.33. The highest BCUT2D eigenvalue weighted by Crippen LogP contribution is 2.50. The van der Waals surface area contributed by atoms with E-state index in [0.717, 1.165) is 0 Å². The van der Waals surface area contributed by atoms with Gasteiger partial charge in [-0.05, 0) is 39.2 Å². The van der Waals surface area contributed by atoms with Gasteiger partial charge in [0.25, 0.3) is 0 Å². The SMILES string of the molecule is CNC1CCCc2nc(C3(C)CC3)sc21. The molecule has 3 rings (SSSR count). The number of fused-ring (bicyclic) bond motifs is 1. The number of aryl methyl sites for hydroxylation is 1. The van der Waals surface area contributed by atoms with E-state index >= 15 is 0 Å². The number of nitrogens with one attached hydrogen (secondary N) is 1. The molecule has 82 valence electrons. The minimum absolute atomic E-state index is 0.445. The molecule has 15 heavy (non-hydrogen) atoms. The van der Waals surface area contributed by atoms with Crippen molar-refractivity contribution in [3.8, 4) is 0 Å². The lowest BCUT2D eigenvalue weighted by Gasteiger charge is -2.20. The summed E-state index contributed by atoms with van der Waals surface area (Å²) < 4.78 is 0. The average Bonchev–Trinajstić information content (AvgIpc) is 2.84. The monoisotopic (exact) mass is 222 g/mol. The summed E-state index contributed by atoms with van der Waals surface area (Å²) in [5.74, 6) is 0. The number of rotatable bonds is 2. The maximum atomic E-state index is 4.86. The summed E-state index contributed by atoms with van der Waals surface area (Å²) in [4.78, 5) is 6.38. The van der Waals surface area contributed by atoms with Gasteiger partial charge in [-0.2, -0.15) is 0 Å². The molecule has 0 bridgehead atoms. The molecule has 1 saturated carbocycles. The Kier molecular flexibility index (Phi) is 2.15. The summed E-state index contributed by atoms with van der Waals surface area (Å²) in [6, 6.07) is 0.572. The molecule has 1 aromatic rings. The quantitative estimate of drug-likeness (QED) is 0.832. The molecule has 1 heterocycles. The van der Waals surface area contributed by atoms with Crippen molar-refractivity contribution in [2.24, 2.45) is 0 Å². The Morgan fingerprint density at radius 2 is 2.27 bits per heavy atom. The molecule has 1 fully saturated rings. The normalized spacial score (nSPS) is 27.5. The van der Waals surface area contributed by atoms with Crippen LogP contribution in [0.1, 0.15) is 54.2 Å². The second kappa shape index (κ2) is 3.29. The van der Waals surface area contributed by atoms with Crippen molar-refractivity contribution in [1.29, 1.82) is 0 Å². The van der Waals surface area contributed by atoms with Crippen molar-refractivity contribution in [2.45, 2.75) is 50.5 Å². The molecular formula is C12H18N2S. The minimum Gasteiger partial charge on any atom is -0.312 e. The molecular weight excluding hydrogens is 204 g/mol. The number of aromatic nitrogens is 1. The van der Waals surface area contributed by atoms with E-state index in [0.29, 0.717) is 11.5 Å². The van der Waals surface area contributed by atoms with Crippen LogP contribution in [-0.2, 0) is 11.8 Å². The summed E-state index contributed by atoms with van der Waals surface area (Å²) in [6.07, 6.45) is 6.44. The Morgan fingerprint density at radius 1 is 1.47 bits per heavy atom. The van der Waals surface area contributed by atoms with Gasteiger partial charge in [0.2, 0.25) is 0 Å². The maximum Gasteiger partial charge on any atom is 0.0990 e. The Morgan fingerprint density at radius 3 is 2.93 bits per heavy atom. The molecule has 0 spiro atoms. The average molecular weight is 222 g/mol. The van der Waals surface area contributed by atoms with Gasteiger partial charge in [-0.3, -0.25) is 0 Å². The predicted molar refractivity (Wildman–Crippen MR) is 63.4 cm³/mol. The van der Waals surface area contributed by atoms with E-state index in [1.165, 1.54) is 47.7 Å². The highest BCUT2D eigenvalue weighted by molar-refractivity contribution is 7.12. The minimum atomic E-state index is 0.445. The number of thiazole rings is 1. The van der Waals surface area contributed by atoms with Crippen LogP contribution >= 0.6 is 11.3 Å². The van der Waals surface area contributed by atoms with Gasteiger partial charge in [0, 0.05) is 16.3 Å². The molecule has 2 aliphatic carbocycles. The van der Waals surface area contributed by atoms with Crippen molar-refractivity contribution in [3.05, 3.63) is 15.6 Å². The van der Waals surface area contributed by atoms with E-state index in [9.17, 15) is 0 Å². The van der Waals surface area contributed by atoms with Crippen LogP contribution in [0, 0.1) is 0 Å². The van der Waals surface area contributed by atoms with Gasteiger partial charge in [-0.1, -0.05) is 6.92 Å². The van der Waals surface area contributed by atoms with Crippen LogP contribution < -0.4 is 5.32 Å². The molecule has 1 atom stereocenters. The van der Waals surface area contributed by atoms with Crippen molar-refractivity contribution in [1.82, 2.24) is 10.3 Å². The van der Waals surface area contributed by atoms with E-state index < -0.39 is 0 Å². The lowest BCUT2D eigenvalue weighted by molar-refractivity contribution is 0.500. The third kappa shape index (κ3) is 1.53. The molecule has 0 radical (unpaired) electrons. The first-order valence-corrected chi connectivity index (χ1v) is 6.72. The van der Waals surface area contributed by atoms with Gasteiger partial charge in [-0.25, -0.2) is 4.98 Å². The molecule has 3 heteroatoms. The largest absolute Gasteiger partial charge is 0.312 e. The number of hydrogen-bond acceptors (Lipinski definition) is 3. The fourth-order valence-electron chi connectivity index (χ4n) is 2.35. The van der Waals surface area contributed by atoms with Crippen LogP contribution in [0.2, 0.25) is 0 Å². The lowest BCUT2D eigenvalue weighted by atomic mass is 9.98. The molecule has 2 nitrogen and oxygen atoms in total. The fraction of sp³-hybridized carbons (Fsp3) is 0.750. The number of hydrogen-bond donors (Lipinski definition) is 1. The molecule has 0 aromatic carbocycles. The molecule has 0 saturated heterocycles. The second-order valence-electron chi connectivity index (χ2n) is 5.12. The van der Waals surface area contributed by atoms with Gasteiger partial charge >= 0.3 is 0 Å². The van der Waals surface area contributed by atoms with E-state index in [1.807, 2.05) is 11.3 Å². The van der Waals surface area contributed by atoms with Crippen LogP contribution in [-0.4, -0.2) is 12.0 Å². The third-order valence-electron chi connectivity index (χ3n) is 3.82. The van der Waals surface area contributed by atoms with Crippen molar-refractivity contribution < 1.29 is 0 Å². The van der Waals surface area contributed by atoms with Crippen LogP contribution in [0.15, 0.2) is 0 Å². The first kappa shape index (κ1) is 9.79. The van der Waals surface area contributed by atoms with Crippen LogP contribution in [0.5, 0.6) is 0 Å². The van der Waals surface area contributed by atoms with Crippen LogP contribution in [0.3, 0.4) is 0 Å². The Hall–Kier alpha value is -0.410. The van der Waals surface area contributed by atoms with Gasteiger partial charge in [0.05, 0.1) is 10.7 Å². The van der Waals surface area contributed by atoms with E-state index in [1.54, 1.807) is 0 Å². The molecule has 1 unspecified atom stereocenters. The summed E-state index contributed by atoms with van der Waals surface area (Å²) in [5, 5.41) is 4.81. The van der Waals surface area contributed by atoms with Crippen molar-refractivity contribution in [3.63, 3.8) is 0 Å². The lowest BCUT2D eigenvalue weighted by Crippen LogP contribution is -2.19. The van der Waals surface area contributed by atoms with Gasteiger partial charge in [-0.15, -0.1) is 11.3 Å². The van der Waals surface area contributed by atoms with Crippen LogP contribution in [0.4, 0.5) is 0 Å². The zero-order valence-electron chi connectivity index (χ0n) is 9.47. The summed E-state index contributed by atoms with van der Waals surface area (Å²) >= 11 is 1.96. The molecule has 0 amide bonds. The van der Waals surface area contributed by atoms with E-state index in [4.69, 9.17) is 4.98 Å². The Labute approximate surface area is 95.1 Å². The molecule has 0 aliphatic heterocycles. The van der Waals surface area contributed by atoms with E-state index in [2.05, 4.69) is 19.3 Å². The van der Waals surface area contributed by atoms with Crippen molar-refractivity contribution >= 4 is 11.3 Å².